The molecule has 0 saturated carbocycles. The van der Waals surface area contributed by atoms with Crippen LogP contribution in [0.1, 0.15) is 0 Å². The minimum atomic E-state index is 0.913. The van der Waals surface area contributed by atoms with Crippen molar-refractivity contribution in [3.05, 3.63) is 170 Å². The van der Waals surface area contributed by atoms with Crippen LogP contribution in [0.3, 0.4) is 0 Å². The van der Waals surface area contributed by atoms with Gasteiger partial charge in [0.2, 0.25) is 0 Å². The van der Waals surface area contributed by atoms with E-state index in [0.717, 1.165) is 16.6 Å². The maximum atomic E-state index is 6.38. The first-order valence-corrected chi connectivity index (χ1v) is 16.2. The normalized spacial score (nSPS) is 11.8. The van der Waals surface area contributed by atoms with Gasteiger partial charge in [-0.15, -0.1) is 0 Å². The second kappa shape index (κ2) is 10.2. The van der Waals surface area contributed by atoms with Crippen molar-refractivity contribution in [3.63, 3.8) is 0 Å². The molecule has 0 bridgehead atoms. The second-order valence-electron chi connectivity index (χ2n) is 12.4. The van der Waals surface area contributed by atoms with E-state index >= 15 is 0 Å². The van der Waals surface area contributed by atoms with E-state index < -0.39 is 0 Å². The molecule has 1 nitrogen and oxygen atoms in total. The Balaban J connectivity index is 1.25. The van der Waals surface area contributed by atoms with E-state index in [2.05, 4.69) is 170 Å². The molecule has 0 aliphatic heterocycles. The summed E-state index contributed by atoms with van der Waals surface area (Å²) in [6.07, 6.45) is 0. The van der Waals surface area contributed by atoms with Crippen LogP contribution in [-0.2, 0) is 0 Å². The zero-order chi connectivity index (χ0) is 30.9. The largest absolute Gasteiger partial charge is 0.456 e. The number of fused-ring (bicyclic) bond motifs is 8. The van der Waals surface area contributed by atoms with Crippen molar-refractivity contribution in [2.45, 2.75) is 0 Å². The quantitative estimate of drug-likeness (QED) is 0.185. The molecule has 0 amide bonds. The van der Waals surface area contributed by atoms with E-state index in [-0.39, 0.29) is 0 Å². The van der Waals surface area contributed by atoms with Crippen LogP contribution in [0.15, 0.2) is 174 Å². The Labute approximate surface area is 271 Å². The summed E-state index contributed by atoms with van der Waals surface area (Å²) in [6.45, 7) is 0. The topological polar surface area (TPSA) is 13.1 Å². The summed E-state index contributed by atoms with van der Waals surface area (Å²) in [6, 6.07) is 61.6. The highest BCUT2D eigenvalue weighted by Gasteiger charge is 2.19. The highest BCUT2D eigenvalue weighted by molar-refractivity contribution is 6.24. The molecule has 0 atom stereocenters. The highest BCUT2D eigenvalue weighted by Crippen LogP contribution is 2.46. The van der Waals surface area contributed by atoms with Gasteiger partial charge in [-0.25, -0.2) is 0 Å². The molecular weight excluding hydrogens is 569 g/mol. The Bertz CT molecular complexity index is 2790. The van der Waals surface area contributed by atoms with E-state index in [1.54, 1.807) is 0 Å². The van der Waals surface area contributed by atoms with Gasteiger partial charge in [-0.3, -0.25) is 0 Å². The number of hydrogen-bond donors (Lipinski definition) is 0. The molecule has 9 aromatic carbocycles. The summed E-state index contributed by atoms with van der Waals surface area (Å²) < 4.78 is 6.38. The molecule has 1 heterocycles. The highest BCUT2D eigenvalue weighted by atomic mass is 16.3. The third-order valence-corrected chi connectivity index (χ3v) is 9.83. The number of hydrogen-bond acceptors (Lipinski definition) is 1. The molecule has 0 aliphatic rings. The fraction of sp³-hybridized carbons (Fsp3) is 0. The van der Waals surface area contributed by atoms with Gasteiger partial charge in [0.15, 0.2) is 0 Å². The van der Waals surface area contributed by atoms with Gasteiger partial charge in [0, 0.05) is 10.8 Å². The van der Waals surface area contributed by atoms with Gasteiger partial charge in [0.25, 0.3) is 0 Å². The average Bonchev–Trinajstić information content (AvgIpc) is 3.52. The summed E-state index contributed by atoms with van der Waals surface area (Å²) >= 11 is 0. The van der Waals surface area contributed by atoms with Crippen LogP contribution in [0.25, 0.3) is 98.4 Å². The molecule has 218 valence electrons. The van der Waals surface area contributed by atoms with E-state index in [1.165, 1.54) is 81.9 Å². The lowest BCUT2D eigenvalue weighted by Gasteiger charge is -2.18. The van der Waals surface area contributed by atoms with Crippen LogP contribution >= 0.6 is 0 Å². The van der Waals surface area contributed by atoms with Gasteiger partial charge in [-0.05, 0) is 101 Å². The van der Waals surface area contributed by atoms with Crippen LogP contribution < -0.4 is 0 Å². The van der Waals surface area contributed by atoms with E-state index in [4.69, 9.17) is 4.42 Å². The molecule has 0 aliphatic carbocycles. The lowest BCUT2D eigenvalue weighted by molar-refractivity contribution is 0.669. The van der Waals surface area contributed by atoms with Crippen LogP contribution in [0.4, 0.5) is 0 Å². The molecule has 1 heteroatoms. The van der Waals surface area contributed by atoms with Crippen LogP contribution in [0, 0.1) is 0 Å². The first kappa shape index (κ1) is 26.1. The monoisotopic (exact) mass is 596 g/mol. The second-order valence-corrected chi connectivity index (χ2v) is 12.4. The van der Waals surface area contributed by atoms with Gasteiger partial charge < -0.3 is 4.42 Å². The number of benzene rings is 9. The maximum Gasteiger partial charge on any atom is 0.136 e. The zero-order valence-electron chi connectivity index (χ0n) is 25.6. The van der Waals surface area contributed by atoms with Gasteiger partial charge in [-0.1, -0.05) is 146 Å². The molecule has 0 spiro atoms. The minimum Gasteiger partial charge on any atom is -0.456 e. The van der Waals surface area contributed by atoms with Crippen molar-refractivity contribution in [2.24, 2.45) is 0 Å². The molecule has 0 radical (unpaired) electrons. The summed E-state index contributed by atoms with van der Waals surface area (Å²) in [7, 11) is 0. The molecule has 10 aromatic rings. The van der Waals surface area contributed by atoms with Crippen molar-refractivity contribution in [1.82, 2.24) is 0 Å². The first-order valence-electron chi connectivity index (χ1n) is 16.2. The van der Waals surface area contributed by atoms with Crippen LogP contribution in [0.2, 0.25) is 0 Å². The summed E-state index contributed by atoms with van der Waals surface area (Å²) in [4.78, 5) is 0. The SMILES string of the molecule is c1cc(-c2cccc3ccccc23)cc(-c2c3ccccc3c(-c3ccc4oc5ccc6ccccc6c5c4c3)c3ccccc23)c1. The summed E-state index contributed by atoms with van der Waals surface area (Å²) in [5.41, 5.74) is 9.24. The Morgan fingerprint density at radius 3 is 1.51 bits per heavy atom. The van der Waals surface area contributed by atoms with E-state index in [1.807, 2.05) is 0 Å². The van der Waals surface area contributed by atoms with Crippen molar-refractivity contribution < 1.29 is 4.42 Å². The average molecular weight is 597 g/mol. The predicted molar refractivity (Wildman–Crippen MR) is 200 cm³/mol. The van der Waals surface area contributed by atoms with Crippen molar-refractivity contribution in [3.8, 4) is 33.4 Å². The smallest absolute Gasteiger partial charge is 0.136 e. The molecule has 0 N–H and O–H groups in total. The first-order chi connectivity index (χ1) is 23.3. The van der Waals surface area contributed by atoms with Gasteiger partial charge in [0.1, 0.15) is 11.2 Å². The summed E-state index contributed by atoms with van der Waals surface area (Å²) in [5, 5.41) is 12.3. The molecule has 47 heavy (non-hydrogen) atoms. The molecule has 0 saturated heterocycles. The molecule has 1 aromatic heterocycles. The zero-order valence-corrected chi connectivity index (χ0v) is 25.6. The van der Waals surface area contributed by atoms with Crippen molar-refractivity contribution in [2.75, 3.05) is 0 Å². The van der Waals surface area contributed by atoms with E-state index in [9.17, 15) is 0 Å². The van der Waals surface area contributed by atoms with E-state index in [0.29, 0.717) is 0 Å². The molecule has 0 unspecified atom stereocenters. The Kier molecular flexibility index (Phi) is 5.64. The lowest BCUT2D eigenvalue weighted by Crippen LogP contribution is -1.91. The Morgan fingerprint density at radius 1 is 0.298 bits per heavy atom. The predicted octanol–water partition coefficient (Wildman–Crippen LogP) is 13.2. The van der Waals surface area contributed by atoms with Crippen LogP contribution in [-0.4, -0.2) is 0 Å². The maximum absolute atomic E-state index is 6.38. The lowest BCUT2D eigenvalue weighted by atomic mass is 9.85. The molecule has 10 rings (SSSR count). The fourth-order valence-electron chi connectivity index (χ4n) is 7.77. The fourth-order valence-corrected chi connectivity index (χ4v) is 7.77. The Morgan fingerprint density at radius 2 is 0.809 bits per heavy atom. The minimum absolute atomic E-state index is 0.913. The third-order valence-electron chi connectivity index (χ3n) is 9.83. The van der Waals surface area contributed by atoms with Gasteiger partial charge in [0.05, 0.1) is 0 Å². The Hall–Kier alpha value is -6.18. The van der Waals surface area contributed by atoms with Crippen molar-refractivity contribution >= 4 is 65.0 Å². The van der Waals surface area contributed by atoms with Gasteiger partial charge >= 0.3 is 0 Å². The number of furan rings is 1. The third kappa shape index (κ3) is 3.97. The molecule has 0 fully saturated rings. The number of rotatable bonds is 3. The standard InChI is InChI=1S/C46H28O/c1-3-16-34-29(11-1)13-10-22-35(34)31-14-9-15-32(27-31)44-37-18-5-7-20-39(37)45(40-21-8-6-19-38(40)44)33-24-25-42-41(28-33)46-36-17-4-2-12-30(36)23-26-43(46)47-42/h1-28H. The van der Waals surface area contributed by atoms with Crippen LogP contribution in [0.5, 0.6) is 0 Å². The molecular formula is C46H28O. The van der Waals surface area contributed by atoms with Gasteiger partial charge in [-0.2, -0.15) is 0 Å². The summed E-state index contributed by atoms with van der Waals surface area (Å²) in [5.74, 6) is 0. The van der Waals surface area contributed by atoms with Crippen molar-refractivity contribution in [1.29, 1.82) is 0 Å².